The van der Waals surface area contributed by atoms with Gasteiger partial charge in [-0.15, -0.1) is 0 Å². The van der Waals surface area contributed by atoms with Crippen molar-refractivity contribution in [3.8, 4) is 5.75 Å². The van der Waals surface area contributed by atoms with Crippen LogP contribution >= 0.6 is 0 Å². The predicted octanol–water partition coefficient (Wildman–Crippen LogP) is 5.56. The van der Waals surface area contributed by atoms with Gasteiger partial charge in [0, 0.05) is 18.9 Å². The van der Waals surface area contributed by atoms with Crippen molar-refractivity contribution in [1.82, 2.24) is 4.57 Å². The lowest BCUT2D eigenvalue weighted by Gasteiger charge is -2.08. The Morgan fingerprint density at radius 3 is 2.20 bits per heavy atom. The van der Waals surface area contributed by atoms with Gasteiger partial charge in [-0.2, -0.15) is 0 Å². The molecule has 0 unspecified atom stereocenters. The van der Waals surface area contributed by atoms with Crippen molar-refractivity contribution in [2.24, 2.45) is 7.05 Å². The fraction of sp³-hybridized carbons (Fsp3) is 0.304. The van der Waals surface area contributed by atoms with Crippen molar-refractivity contribution in [3.63, 3.8) is 0 Å². The summed E-state index contributed by atoms with van der Waals surface area (Å²) in [4.78, 5) is 0. The minimum Gasteiger partial charge on any atom is -0.489 e. The molecule has 0 aliphatic carbocycles. The number of hydrogen-bond acceptors (Lipinski definition) is 1. The van der Waals surface area contributed by atoms with E-state index in [1.54, 1.807) is 0 Å². The summed E-state index contributed by atoms with van der Waals surface area (Å²) in [5, 5.41) is 0. The minimum absolute atomic E-state index is 0.624. The Morgan fingerprint density at radius 1 is 0.720 bits per heavy atom. The predicted molar refractivity (Wildman–Crippen MR) is 104 cm³/mol. The molecule has 0 saturated carbocycles. The van der Waals surface area contributed by atoms with Crippen LogP contribution in [-0.4, -0.2) is 4.57 Å². The molecule has 0 aliphatic rings. The molecule has 1 heterocycles. The molecule has 1 aromatic heterocycles. The van der Waals surface area contributed by atoms with E-state index in [4.69, 9.17) is 4.74 Å². The lowest BCUT2D eigenvalue weighted by Crippen LogP contribution is -1.96. The van der Waals surface area contributed by atoms with Crippen LogP contribution in [0.4, 0.5) is 0 Å². The van der Waals surface area contributed by atoms with Gasteiger partial charge in [-0.3, -0.25) is 0 Å². The zero-order valence-electron chi connectivity index (χ0n) is 15.0. The monoisotopic (exact) mass is 333 g/mol. The smallest absolute Gasteiger partial charge is 0.119 e. The van der Waals surface area contributed by atoms with E-state index in [0.717, 1.165) is 12.2 Å². The largest absolute Gasteiger partial charge is 0.489 e. The molecule has 0 N–H and O–H groups in total. The third-order valence-corrected chi connectivity index (χ3v) is 4.62. The quantitative estimate of drug-likeness (QED) is 0.468. The number of benzene rings is 2. The van der Waals surface area contributed by atoms with Crippen LogP contribution in [-0.2, 0) is 26.5 Å². The Labute approximate surface area is 151 Å². The van der Waals surface area contributed by atoms with Crippen molar-refractivity contribution in [3.05, 3.63) is 89.7 Å². The SMILES string of the molecule is Cn1cccc1CCCCCc1ccc(OCc2ccccc2)cc1. The van der Waals surface area contributed by atoms with Gasteiger partial charge in [0.15, 0.2) is 0 Å². The van der Waals surface area contributed by atoms with E-state index in [-0.39, 0.29) is 0 Å². The highest BCUT2D eigenvalue weighted by Gasteiger charge is 2.00. The van der Waals surface area contributed by atoms with Crippen LogP contribution in [0.25, 0.3) is 0 Å². The second-order valence-electron chi connectivity index (χ2n) is 6.59. The van der Waals surface area contributed by atoms with Crippen LogP contribution in [0.3, 0.4) is 0 Å². The Hall–Kier alpha value is -2.48. The highest BCUT2D eigenvalue weighted by atomic mass is 16.5. The van der Waals surface area contributed by atoms with Crippen molar-refractivity contribution in [1.29, 1.82) is 0 Å². The summed E-state index contributed by atoms with van der Waals surface area (Å²) in [5.41, 5.74) is 4.02. The van der Waals surface area contributed by atoms with Crippen LogP contribution in [0.5, 0.6) is 5.75 Å². The summed E-state index contributed by atoms with van der Waals surface area (Å²) < 4.78 is 8.06. The molecule has 3 aromatic rings. The molecule has 130 valence electrons. The molecule has 0 spiro atoms. The molecule has 0 aliphatic heterocycles. The van der Waals surface area contributed by atoms with E-state index in [0.29, 0.717) is 6.61 Å². The van der Waals surface area contributed by atoms with E-state index in [1.165, 1.54) is 42.5 Å². The van der Waals surface area contributed by atoms with Crippen molar-refractivity contribution in [2.75, 3.05) is 0 Å². The summed E-state index contributed by atoms with van der Waals surface area (Å²) in [5.74, 6) is 0.941. The highest BCUT2D eigenvalue weighted by Crippen LogP contribution is 2.16. The van der Waals surface area contributed by atoms with Crippen molar-refractivity contribution >= 4 is 0 Å². The first kappa shape index (κ1) is 17.3. The molecular weight excluding hydrogens is 306 g/mol. The van der Waals surface area contributed by atoms with Crippen LogP contribution in [0.1, 0.15) is 36.1 Å². The Morgan fingerprint density at radius 2 is 1.48 bits per heavy atom. The molecule has 0 atom stereocenters. The normalized spacial score (nSPS) is 10.8. The second-order valence-corrected chi connectivity index (χ2v) is 6.59. The van der Waals surface area contributed by atoms with E-state index in [1.807, 2.05) is 18.2 Å². The zero-order chi connectivity index (χ0) is 17.3. The number of hydrogen-bond donors (Lipinski definition) is 0. The van der Waals surface area contributed by atoms with Gasteiger partial charge in [-0.1, -0.05) is 48.9 Å². The summed E-state index contributed by atoms with van der Waals surface area (Å²) in [7, 11) is 2.12. The summed E-state index contributed by atoms with van der Waals surface area (Å²) in [6.45, 7) is 0.624. The van der Waals surface area contributed by atoms with Gasteiger partial charge in [-0.05, 0) is 61.1 Å². The van der Waals surface area contributed by atoms with Crippen LogP contribution < -0.4 is 4.74 Å². The lowest BCUT2D eigenvalue weighted by atomic mass is 10.1. The molecule has 0 radical (unpaired) electrons. The number of ether oxygens (including phenoxy) is 1. The maximum absolute atomic E-state index is 5.84. The summed E-state index contributed by atoms with van der Waals surface area (Å²) in [6, 6.07) is 23.2. The molecule has 0 bridgehead atoms. The highest BCUT2D eigenvalue weighted by molar-refractivity contribution is 5.28. The molecule has 2 nitrogen and oxygen atoms in total. The number of aryl methyl sites for hydroxylation is 3. The van der Waals surface area contributed by atoms with Crippen molar-refractivity contribution in [2.45, 2.75) is 38.7 Å². The number of aromatic nitrogens is 1. The molecule has 0 fully saturated rings. The first-order valence-corrected chi connectivity index (χ1v) is 9.17. The Bertz CT molecular complexity index is 743. The Balaban J connectivity index is 1.35. The molecule has 2 aromatic carbocycles. The molecule has 2 heteroatoms. The van der Waals surface area contributed by atoms with Crippen LogP contribution in [0, 0.1) is 0 Å². The van der Waals surface area contributed by atoms with Gasteiger partial charge in [0.25, 0.3) is 0 Å². The van der Waals surface area contributed by atoms with Gasteiger partial charge in [0.2, 0.25) is 0 Å². The zero-order valence-corrected chi connectivity index (χ0v) is 15.0. The van der Waals surface area contributed by atoms with E-state index >= 15 is 0 Å². The summed E-state index contributed by atoms with van der Waals surface area (Å²) >= 11 is 0. The summed E-state index contributed by atoms with van der Waals surface area (Å²) in [6.07, 6.45) is 8.22. The van der Waals surface area contributed by atoms with Crippen LogP contribution in [0.15, 0.2) is 72.9 Å². The maximum Gasteiger partial charge on any atom is 0.119 e. The minimum atomic E-state index is 0.624. The van der Waals surface area contributed by atoms with Gasteiger partial charge in [0.1, 0.15) is 12.4 Å². The lowest BCUT2D eigenvalue weighted by molar-refractivity contribution is 0.306. The Kier molecular flexibility index (Phi) is 6.33. The number of nitrogens with zero attached hydrogens (tertiary/aromatic N) is 1. The number of rotatable bonds is 9. The van der Waals surface area contributed by atoms with Gasteiger partial charge < -0.3 is 9.30 Å². The standard InChI is InChI=1S/C23H27NO/c1-24-18-8-13-22(24)12-7-3-4-9-20-14-16-23(17-15-20)25-19-21-10-5-2-6-11-21/h2,5-6,8,10-11,13-18H,3-4,7,9,12,19H2,1H3. The first-order chi connectivity index (χ1) is 12.3. The van der Waals surface area contributed by atoms with E-state index in [9.17, 15) is 0 Å². The second kappa shape index (κ2) is 9.12. The van der Waals surface area contributed by atoms with Crippen LogP contribution in [0.2, 0.25) is 0 Å². The topological polar surface area (TPSA) is 14.2 Å². The number of unbranched alkanes of at least 4 members (excludes halogenated alkanes) is 2. The molecule has 25 heavy (non-hydrogen) atoms. The maximum atomic E-state index is 5.84. The van der Waals surface area contributed by atoms with Gasteiger partial charge in [-0.25, -0.2) is 0 Å². The molecule has 0 amide bonds. The third-order valence-electron chi connectivity index (χ3n) is 4.62. The van der Waals surface area contributed by atoms with Gasteiger partial charge >= 0.3 is 0 Å². The fourth-order valence-electron chi connectivity index (χ4n) is 3.06. The average molecular weight is 333 g/mol. The van der Waals surface area contributed by atoms with Gasteiger partial charge in [0.05, 0.1) is 0 Å². The molecule has 0 saturated heterocycles. The first-order valence-electron chi connectivity index (χ1n) is 9.17. The molecular formula is C23H27NO. The average Bonchev–Trinajstić information content (AvgIpc) is 3.06. The fourth-order valence-corrected chi connectivity index (χ4v) is 3.06. The third kappa shape index (κ3) is 5.53. The van der Waals surface area contributed by atoms with E-state index in [2.05, 4.69) is 66.3 Å². The van der Waals surface area contributed by atoms with E-state index < -0.39 is 0 Å². The molecule has 3 rings (SSSR count). The van der Waals surface area contributed by atoms with Crippen molar-refractivity contribution < 1.29 is 4.74 Å².